The van der Waals surface area contributed by atoms with Crippen LogP contribution < -0.4 is 20.1 Å². The number of ether oxygens (including phenoxy) is 2. The van der Waals surface area contributed by atoms with Gasteiger partial charge in [0.2, 0.25) is 0 Å². The normalized spacial score (nSPS) is 11.3. The molecule has 0 aromatic heterocycles. The maximum atomic E-state index is 13.0. The standard InChI is InChI=1S/C27H38N2O3.2ClH/c1-3-5-7-13-28-15-17-31-21-9-11-23-24-12-10-22(20-26(24)27(30)25(23)19-21)32-18-16-29-14-8-6-4-2;;/h9-12,19-20,28-29H,3-8,13-18H2,1-2H3;2*1H. The Morgan fingerprint density at radius 1 is 0.618 bits per heavy atom. The number of nitrogens with one attached hydrogen (secondary N) is 2. The third kappa shape index (κ3) is 8.77. The Morgan fingerprint density at radius 3 is 1.47 bits per heavy atom. The van der Waals surface area contributed by atoms with Gasteiger partial charge in [-0.15, -0.1) is 24.8 Å². The minimum absolute atomic E-state index is 0. The van der Waals surface area contributed by atoms with Crippen LogP contribution in [0.2, 0.25) is 0 Å². The lowest BCUT2D eigenvalue weighted by Gasteiger charge is -2.09. The number of carbonyl (C=O) groups excluding carboxylic acids is 1. The first kappa shape index (κ1) is 30.2. The van der Waals surface area contributed by atoms with Gasteiger partial charge < -0.3 is 20.1 Å². The van der Waals surface area contributed by atoms with Crippen molar-refractivity contribution in [3.8, 4) is 22.6 Å². The lowest BCUT2D eigenvalue weighted by molar-refractivity contribution is 0.104. The first-order chi connectivity index (χ1) is 15.7. The lowest BCUT2D eigenvalue weighted by Crippen LogP contribution is -2.22. The second kappa shape index (κ2) is 16.8. The molecular formula is C27H40Cl2N2O3. The van der Waals surface area contributed by atoms with Crippen LogP contribution in [0.4, 0.5) is 0 Å². The summed E-state index contributed by atoms with van der Waals surface area (Å²) in [5.41, 5.74) is 3.37. The summed E-state index contributed by atoms with van der Waals surface area (Å²) < 4.78 is 11.7. The van der Waals surface area contributed by atoms with E-state index in [9.17, 15) is 4.79 Å². The third-order valence-electron chi connectivity index (χ3n) is 5.77. The van der Waals surface area contributed by atoms with Crippen LogP contribution in [0.25, 0.3) is 11.1 Å². The molecule has 5 nitrogen and oxygen atoms in total. The SMILES string of the molecule is CCCCCNCCOc1ccc2c(c1)C(=O)c1cc(OCCNCCCCC)ccc1-2.Cl.Cl. The largest absolute Gasteiger partial charge is 0.492 e. The first-order valence-electron chi connectivity index (χ1n) is 12.2. The smallest absolute Gasteiger partial charge is 0.194 e. The van der Waals surface area contributed by atoms with Gasteiger partial charge in [0.1, 0.15) is 24.7 Å². The van der Waals surface area contributed by atoms with Gasteiger partial charge in [0, 0.05) is 24.2 Å². The minimum Gasteiger partial charge on any atom is -0.492 e. The van der Waals surface area contributed by atoms with Crippen molar-refractivity contribution in [2.75, 3.05) is 39.4 Å². The molecule has 0 saturated heterocycles. The van der Waals surface area contributed by atoms with Gasteiger partial charge in [-0.1, -0.05) is 39.5 Å². The van der Waals surface area contributed by atoms with Gasteiger partial charge >= 0.3 is 0 Å². The van der Waals surface area contributed by atoms with Crippen LogP contribution in [0.15, 0.2) is 36.4 Å². The molecule has 7 heteroatoms. The van der Waals surface area contributed by atoms with Crippen LogP contribution >= 0.6 is 24.8 Å². The number of unbranched alkanes of at least 4 members (excludes halogenated alkanes) is 4. The van der Waals surface area contributed by atoms with Crippen molar-refractivity contribution >= 4 is 30.6 Å². The summed E-state index contributed by atoms with van der Waals surface area (Å²) in [5.74, 6) is 1.53. The highest BCUT2D eigenvalue weighted by atomic mass is 35.5. The minimum atomic E-state index is 0. The molecule has 0 bridgehead atoms. The van der Waals surface area contributed by atoms with E-state index in [1.807, 2.05) is 36.4 Å². The van der Waals surface area contributed by atoms with Gasteiger partial charge in [0.05, 0.1) is 0 Å². The lowest BCUT2D eigenvalue weighted by atomic mass is 10.1. The molecule has 1 aliphatic carbocycles. The van der Waals surface area contributed by atoms with Crippen molar-refractivity contribution < 1.29 is 14.3 Å². The molecule has 3 rings (SSSR count). The van der Waals surface area contributed by atoms with Gasteiger partial charge in [-0.25, -0.2) is 0 Å². The number of carbonyl (C=O) groups is 1. The molecule has 2 N–H and O–H groups in total. The van der Waals surface area contributed by atoms with Gasteiger partial charge in [-0.2, -0.15) is 0 Å². The maximum Gasteiger partial charge on any atom is 0.194 e. The second-order valence-electron chi connectivity index (χ2n) is 8.36. The predicted octanol–water partition coefficient (Wildman–Crippen LogP) is 6.06. The molecule has 0 unspecified atom stereocenters. The van der Waals surface area contributed by atoms with E-state index in [1.54, 1.807) is 0 Å². The summed E-state index contributed by atoms with van der Waals surface area (Å²) in [4.78, 5) is 13.0. The zero-order chi connectivity index (χ0) is 22.6. The quantitative estimate of drug-likeness (QED) is 0.229. The molecule has 0 saturated carbocycles. The number of fused-ring (bicyclic) bond motifs is 3. The second-order valence-corrected chi connectivity index (χ2v) is 8.36. The number of hydrogen-bond donors (Lipinski definition) is 2. The highest BCUT2D eigenvalue weighted by molar-refractivity contribution is 6.22. The summed E-state index contributed by atoms with van der Waals surface area (Å²) in [6.45, 7) is 9.26. The Hall–Kier alpha value is -1.79. The summed E-state index contributed by atoms with van der Waals surface area (Å²) in [6, 6.07) is 11.6. The van der Waals surface area contributed by atoms with E-state index >= 15 is 0 Å². The van der Waals surface area contributed by atoms with Gasteiger partial charge in [-0.05, 0) is 73.5 Å². The molecule has 0 aliphatic heterocycles. The monoisotopic (exact) mass is 510 g/mol. The molecule has 0 fully saturated rings. The first-order valence-corrected chi connectivity index (χ1v) is 12.2. The molecule has 34 heavy (non-hydrogen) atoms. The van der Waals surface area contributed by atoms with Crippen LogP contribution in [-0.2, 0) is 0 Å². The van der Waals surface area contributed by atoms with Crippen molar-refractivity contribution in [3.63, 3.8) is 0 Å². The average Bonchev–Trinajstić information content (AvgIpc) is 3.09. The van der Waals surface area contributed by atoms with Gasteiger partial charge in [0.15, 0.2) is 5.78 Å². The molecule has 0 atom stereocenters. The highest BCUT2D eigenvalue weighted by Gasteiger charge is 2.27. The molecule has 2 aromatic carbocycles. The van der Waals surface area contributed by atoms with E-state index in [4.69, 9.17) is 9.47 Å². The van der Waals surface area contributed by atoms with Gasteiger partial charge in [0.25, 0.3) is 0 Å². The van der Waals surface area contributed by atoms with E-state index in [1.165, 1.54) is 38.5 Å². The predicted molar refractivity (Wildman–Crippen MR) is 146 cm³/mol. The summed E-state index contributed by atoms with van der Waals surface area (Å²) in [6.07, 6.45) is 7.36. The summed E-state index contributed by atoms with van der Waals surface area (Å²) >= 11 is 0. The Bertz CT molecular complexity index is 807. The van der Waals surface area contributed by atoms with Crippen molar-refractivity contribution in [2.45, 2.75) is 52.4 Å². The zero-order valence-corrected chi connectivity index (χ0v) is 22.1. The molecule has 0 radical (unpaired) electrons. The summed E-state index contributed by atoms with van der Waals surface area (Å²) in [5, 5.41) is 6.79. The van der Waals surface area contributed by atoms with Gasteiger partial charge in [-0.3, -0.25) is 4.79 Å². The van der Waals surface area contributed by atoms with Crippen LogP contribution in [0, 0.1) is 0 Å². The van der Waals surface area contributed by atoms with Crippen molar-refractivity contribution in [1.82, 2.24) is 10.6 Å². The molecule has 0 spiro atoms. The van der Waals surface area contributed by atoms with Crippen LogP contribution in [0.3, 0.4) is 0 Å². The van der Waals surface area contributed by atoms with Crippen LogP contribution in [0.1, 0.15) is 68.3 Å². The Balaban J connectivity index is 0.00000289. The topological polar surface area (TPSA) is 59.6 Å². The zero-order valence-electron chi connectivity index (χ0n) is 20.5. The number of benzene rings is 2. The van der Waals surface area contributed by atoms with Crippen molar-refractivity contribution in [2.24, 2.45) is 0 Å². The highest BCUT2D eigenvalue weighted by Crippen LogP contribution is 2.39. The van der Waals surface area contributed by atoms with E-state index in [2.05, 4.69) is 24.5 Å². The average molecular weight is 512 g/mol. The fourth-order valence-corrected chi connectivity index (χ4v) is 3.95. The fraction of sp³-hybridized carbons (Fsp3) is 0.519. The van der Waals surface area contributed by atoms with E-state index < -0.39 is 0 Å². The Morgan fingerprint density at radius 2 is 1.06 bits per heavy atom. The fourth-order valence-electron chi connectivity index (χ4n) is 3.95. The third-order valence-corrected chi connectivity index (χ3v) is 5.77. The van der Waals surface area contributed by atoms with E-state index in [-0.39, 0.29) is 30.6 Å². The Labute approximate surface area is 217 Å². The summed E-state index contributed by atoms with van der Waals surface area (Å²) in [7, 11) is 0. The molecule has 1 aliphatic rings. The van der Waals surface area contributed by atoms with E-state index in [0.717, 1.165) is 48.8 Å². The Kier molecular flexibility index (Phi) is 14.9. The maximum absolute atomic E-state index is 13.0. The number of ketones is 1. The number of halogens is 2. The molecule has 190 valence electrons. The van der Waals surface area contributed by atoms with Crippen LogP contribution in [-0.4, -0.2) is 45.2 Å². The number of hydrogen-bond acceptors (Lipinski definition) is 5. The molecule has 0 amide bonds. The van der Waals surface area contributed by atoms with Crippen molar-refractivity contribution in [1.29, 1.82) is 0 Å². The number of rotatable bonds is 16. The van der Waals surface area contributed by atoms with Crippen LogP contribution in [0.5, 0.6) is 11.5 Å². The molecule has 2 aromatic rings. The van der Waals surface area contributed by atoms with E-state index in [0.29, 0.717) is 24.3 Å². The molecular weight excluding hydrogens is 471 g/mol. The molecule has 0 heterocycles. The van der Waals surface area contributed by atoms with Crippen molar-refractivity contribution in [3.05, 3.63) is 47.5 Å².